The molecule has 0 aliphatic heterocycles. The summed E-state index contributed by atoms with van der Waals surface area (Å²) in [6.45, 7) is 1.72. The molecule has 116 valence electrons. The summed E-state index contributed by atoms with van der Waals surface area (Å²) < 4.78 is 6.62. The van der Waals surface area contributed by atoms with Crippen LogP contribution in [0.3, 0.4) is 0 Å². The molecule has 0 aliphatic rings. The molecule has 23 heavy (non-hydrogen) atoms. The van der Waals surface area contributed by atoms with Crippen molar-refractivity contribution >= 4 is 38.4 Å². The lowest BCUT2D eigenvalue weighted by molar-refractivity contribution is -0.122. The number of fused-ring (bicyclic) bond motifs is 1. The molecule has 3 aromatic rings. The molecule has 0 fully saturated rings. The number of carbonyl (C=O) groups excluding carboxylic acids is 1. The van der Waals surface area contributed by atoms with Crippen LogP contribution in [-0.2, 0) is 4.79 Å². The first-order valence-corrected chi connectivity index (χ1v) is 7.99. The average molecular weight is 371 g/mol. The van der Waals surface area contributed by atoms with Crippen molar-refractivity contribution in [1.82, 2.24) is 4.98 Å². The van der Waals surface area contributed by atoms with Crippen molar-refractivity contribution in [3.05, 3.63) is 65.3 Å². The van der Waals surface area contributed by atoms with Crippen LogP contribution >= 0.6 is 15.9 Å². The Morgan fingerprint density at radius 3 is 2.65 bits per heavy atom. The smallest absolute Gasteiger partial charge is 0.265 e. The number of pyridine rings is 1. The first kappa shape index (κ1) is 15.5. The molecule has 1 N–H and O–H groups in total. The van der Waals surface area contributed by atoms with Gasteiger partial charge < -0.3 is 10.1 Å². The van der Waals surface area contributed by atoms with Gasteiger partial charge in [0, 0.05) is 16.1 Å². The van der Waals surface area contributed by atoms with Crippen LogP contribution in [0.1, 0.15) is 6.92 Å². The zero-order chi connectivity index (χ0) is 16.2. The highest BCUT2D eigenvalue weighted by Crippen LogP contribution is 2.22. The van der Waals surface area contributed by atoms with Gasteiger partial charge in [0.25, 0.3) is 5.91 Å². The van der Waals surface area contributed by atoms with Crippen LogP contribution in [0.2, 0.25) is 0 Å². The van der Waals surface area contributed by atoms with Gasteiger partial charge in [-0.3, -0.25) is 9.78 Å². The fourth-order valence-corrected chi connectivity index (χ4v) is 2.47. The molecular weight excluding hydrogens is 356 g/mol. The molecule has 1 unspecified atom stereocenters. The van der Waals surface area contributed by atoms with E-state index in [0.29, 0.717) is 11.4 Å². The third-order valence-electron chi connectivity index (χ3n) is 3.39. The van der Waals surface area contributed by atoms with Crippen molar-refractivity contribution < 1.29 is 9.53 Å². The van der Waals surface area contributed by atoms with Crippen LogP contribution < -0.4 is 10.1 Å². The number of aromatic nitrogens is 1. The summed E-state index contributed by atoms with van der Waals surface area (Å²) in [4.78, 5) is 16.7. The van der Waals surface area contributed by atoms with E-state index in [4.69, 9.17) is 4.74 Å². The molecule has 0 spiro atoms. The van der Waals surface area contributed by atoms with Gasteiger partial charge in [0.15, 0.2) is 6.10 Å². The Morgan fingerprint density at radius 2 is 1.87 bits per heavy atom. The molecule has 0 radical (unpaired) electrons. The zero-order valence-electron chi connectivity index (χ0n) is 12.5. The van der Waals surface area contributed by atoms with Gasteiger partial charge in [-0.15, -0.1) is 0 Å². The van der Waals surface area contributed by atoms with E-state index in [0.717, 1.165) is 15.4 Å². The molecule has 0 aliphatic carbocycles. The summed E-state index contributed by atoms with van der Waals surface area (Å²) in [6, 6.07) is 16.9. The normalized spacial score (nSPS) is 11.9. The van der Waals surface area contributed by atoms with E-state index in [1.807, 2.05) is 54.6 Å². The molecule has 1 amide bonds. The lowest BCUT2D eigenvalue weighted by Gasteiger charge is -2.15. The Morgan fingerprint density at radius 1 is 1.13 bits per heavy atom. The summed E-state index contributed by atoms with van der Waals surface area (Å²) >= 11 is 3.37. The summed E-state index contributed by atoms with van der Waals surface area (Å²) in [5, 5.41) is 3.86. The number of para-hydroxylation sites is 1. The van der Waals surface area contributed by atoms with Crippen LogP contribution in [0.4, 0.5) is 5.69 Å². The number of ether oxygens (including phenoxy) is 1. The first-order chi connectivity index (χ1) is 11.1. The van der Waals surface area contributed by atoms with Crippen molar-refractivity contribution in [2.45, 2.75) is 13.0 Å². The van der Waals surface area contributed by atoms with E-state index in [2.05, 4.69) is 26.2 Å². The van der Waals surface area contributed by atoms with Crippen LogP contribution in [0.25, 0.3) is 10.9 Å². The van der Waals surface area contributed by atoms with Crippen LogP contribution in [0.15, 0.2) is 65.3 Å². The van der Waals surface area contributed by atoms with Crippen molar-refractivity contribution in [3.63, 3.8) is 0 Å². The number of anilines is 1. The fourth-order valence-electron chi connectivity index (χ4n) is 2.21. The zero-order valence-corrected chi connectivity index (χ0v) is 14.1. The molecule has 0 saturated heterocycles. The monoisotopic (exact) mass is 370 g/mol. The van der Waals surface area contributed by atoms with E-state index < -0.39 is 6.10 Å². The third-order valence-corrected chi connectivity index (χ3v) is 3.91. The number of benzene rings is 2. The number of nitrogens with one attached hydrogen (secondary N) is 1. The molecular formula is C18H15BrN2O2. The van der Waals surface area contributed by atoms with Gasteiger partial charge in [-0.05, 0) is 43.3 Å². The highest BCUT2D eigenvalue weighted by atomic mass is 79.9. The minimum absolute atomic E-state index is 0.217. The van der Waals surface area contributed by atoms with Crippen LogP contribution in [-0.4, -0.2) is 17.0 Å². The van der Waals surface area contributed by atoms with Gasteiger partial charge in [0.2, 0.25) is 0 Å². The van der Waals surface area contributed by atoms with Crippen molar-refractivity contribution in [2.75, 3.05) is 5.32 Å². The standard InChI is InChI=1S/C18H15BrN2O2/c1-12(23-15-9-7-14(19)8-10-15)18(22)21-16-6-2-4-13-5-3-11-20-17(13)16/h2-12H,1H3,(H,21,22). The Labute approximate surface area is 142 Å². The summed E-state index contributed by atoms with van der Waals surface area (Å²) in [7, 11) is 0. The van der Waals surface area contributed by atoms with Crippen LogP contribution in [0.5, 0.6) is 5.75 Å². The van der Waals surface area contributed by atoms with Gasteiger partial charge in [-0.25, -0.2) is 0 Å². The largest absolute Gasteiger partial charge is 0.481 e. The quantitative estimate of drug-likeness (QED) is 0.740. The second-order valence-electron chi connectivity index (χ2n) is 5.08. The molecule has 1 aromatic heterocycles. The summed E-state index contributed by atoms with van der Waals surface area (Å²) in [6.07, 6.45) is 1.09. The number of hydrogen-bond donors (Lipinski definition) is 1. The fraction of sp³-hybridized carbons (Fsp3) is 0.111. The van der Waals surface area contributed by atoms with E-state index in [1.165, 1.54) is 0 Å². The van der Waals surface area contributed by atoms with Gasteiger partial charge in [-0.2, -0.15) is 0 Å². The maximum atomic E-state index is 12.4. The van der Waals surface area contributed by atoms with Crippen molar-refractivity contribution in [2.24, 2.45) is 0 Å². The Kier molecular flexibility index (Phi) is 4.57. The number of rotatable bonds is 4. The highest BCUT2D eigenvalue weighted by Gasteiger charge is 2.16. The molecule has 3 rings (SSSR count). The van der Waals surface area contributed by atoms with E-state index in [-0.39, 0.29) is 5.91 Å². The second-order valence-corrected chi connectivity index (χ2v) is 6.00. The van der Waals surface area contributed by atoms with Gasteiger partial charge in [-0.1, -0.05) is 34.1 Å². The molecule has 0 bridgehead atoms. The number of nitrogens with zero attached hydrogens (tertiary/aromatic N) is 1. The number of hydrogen-bond acceptors (Lipinski definition) is 3. The molecule has 1 heterocycles. The summed E-state index contributed by atoms with van der Waals surface area (Å²) in [5.74, 6) is 0.429. The maximum absolute atomic E-state index is 12.4. The molecule has 5 heteroatoms. The van der Waals surface area contributed by atoms with Crippen LogP contribution in [0, 0.1) is 0 Å². The Hall–Kier alpha value is -2.40. The van der Waals surface area contributed by atoms with E-state index in [9.17, 15) is 4.79 Å². The number of halogens is 1. The molecule has 4 nitrogen and oxygen atoms in total. The van der Waals surface area contributed by atoms with E-state index >= 15 is 0 Å². The first-order valence-electron chi connectivity index (χ1n) is 7.20. The SMILES string of the molecule is CC(Oc1ccc(Br)cc1)C(=O)Nc1cccc2cccnc12. The van der Waals surface area contributed by atoms with E-state index in [1.54, 1.807) is 13.1 Å². The van der Waals surface area contributed by atoms with Crippen molar-refractivity contribution in [3.8, 4) is 5.75 Å². The lowest BCUT2D eigenvalue weighted by atomic mass is 10.2. The topological polar surface area (TPSA) is 51.2 Å². The molecule has 2 aromatic carbocycles. The number of amides is 1. The second kappa shape index (κ2) is 6.79. The minimum Gasteiger partial charge on any atom is -0.481 e. The minimum atomic E-state index is -0.616. The third kappa shape index (κ3) is 3.68. The lowest BCUT2D eigenvalue weighted by Crippen LogP contribution is -2.30. The van der Waals surface area contributed by atoms with Gasteiger partial charge in [0.1, 0.15) is 5.75 Å². The average Bonchev–Trinajstić information content (AvgIpc) is 2.57. The predicted octanol–water partition coefficient (Wildman–Crippen LogP) is 4.40. The summed E-state index contributed by atoms with van der Waals surface area (Å²) in [5.41, 5.74) is 1.44. The van der Waals surface area contributed by atoms with Crippen molar-refractivity contribution in [1.29, 1.82) is 0 Å². The number of carbonyl (C=O) groups is 1. The highest BCUT2D eigenvalue weighted by molar-refractivity contribution is 9.10. The molecule has 1 atom stereocenters. The van der Waals surface area contributed by atoms with Gasteiger partial charge in [0.05, 0.1) is 11.2 Å². The Balaban J connectivity index is 1.74. The molecule has 0 saturated carbocycles. The predicted molar refractivity (Wildman–Crippen MR) is 94.6 cm³/mol. The Bertz CT molecular complexity index is 829. The van der Waals surface area contributed by atoms with Gasteiger partial charge >= 0.3 is 0 Å². The maximum Gasteiger partial charge on any atom is 0.265 e.